The number of anilines is 1. The summed E-state index contributed by atoms with van der Waals surface area (Å²) in [7, 11) is 0. The molecule has 176 valence electrons. The van der Waals surface area contributed by atoms with E-state index in [-0.39, 0.29) is 11.2 Å². The first kappa shape index (κ1) is 22.5. The third-order valence-electron chi connectivity index (χ3n) is 5.74. The van der Waals surface area contributed by atoms with E-state index in [1.54, 1.807) is 29.2 Å². The highest BCUT2D eigenvalue weighted by atomic mass is 32.1. The van der Waals surface area contributed by atoms with Crippen LogP contribution in [0.4, 0.5) is 5.13 Å². The lowest BCUT2D eigenvalue weighted by molar-refractivity contribution is 0.0390. The first-order valence-corrected chi connectivity index (χ1v) is 12.1. The third kappa shape index (κ3) is 4.54. The van der Waals surface area contributed by atoms with E-state index in [1.807, 2.05) is 25.1 Å². The number of amides is 1. The molecule has 1 aliphatic heterocycles. The van der Waals surface area contributed by atoms with Crippen LogP contribution in [0.25, 0.3) is 21.2 Å². The fourth-order valence-electron chi connectivity index (χ4n) is 3.99. The van der Waals surface area contributed by atoms with Gasteiger partial charge in [-0.25, -0.2) is 4.98 Å². The molecule has 1 fully saturated rings. The zero-order valence-corrected chi connectivity index (χ0v) is 19.7. The summed E-state index contributed by atoms with van der Waals surface area (Å²) < 4.78 is 18.0. The molecule has 3 heterocycles. The van der Waals surface area contributed by atoms with Gasteiger partial charge in [-0.2, -0.15) is 0 Å². The van der Waals surface area contributed by atoms with Gasteiger partial charge in [-0.15, -0.1) is 0 Å². The number of benzene rings is 2. The molecule has 2 aromatic heterocycles. The largest absolute Gasteiger partial charge is 0.492 e. The predicted molar refractivity (Wildman–Crippen MR) is 132 cm³/mol. The summed E-state index contributed by atoms with van der Waals surface area (Å²) in [6.45, 7) is 6.46. The van der Waals surface area contributed by atoms with Crippen molar-refractivity contribution in [3.05, 3.63) is 64.5 Å². The van der Waals surface area contributed by atoms with Gasteiger partial charge in [0.1, 0.15) is 16.8 Å². The Balaban J connectivity index is 1.53. The summed E-state index contributed by atoms with van der Waals surface area (Å²) in [6, 6.07) is 13.9. The lowest BCUT2D eigenvalue weighted by Crippen LogP contribution is -2.43. The van der Waals surface area contributed by atoms with E-state index in [1.165, 1.54) is 17.4 Å². The fourth-order valence-corrected chi connectivity index (χ4v) is 5.00. The van der Waals surface area contributed by atoms with Gasteiger partial charge < -0.3 is 13.9 Å². The van der Waals surface area contributed by atoms with Gasteiger partial charge in [0, 0.05) is 32.2 Å². The molecule has 9 heteroatoms. The zero-order valence-electron chi connectivity index (χ0n) is 18.9. The minimum Gasteiger partial charge on any atom is -0.492 e. The van der Waals surface area contributed by atoms with Crippen LogP contribution in [-0.4, -0.2) is 61.8 Å². The molecule has 0 spiro atoms. The number of morpholine rings is 1. The number of carbonyl (C=O) groups excluding carboxylic acids is 1. The molecule has 1 saturated heterocycles. The number of rotatable bonds is 7. The van der Waals surface area contributed by atoms with Crippen molar-refractivity contribution in [1.82, 2.24) is 9.88 Å². The van der Waals surface area contributed by atoms with Crippen molar-refractivity contribution in [3.63, 3.8) is 0 Å². The summed E-state index contributed by atoms with van der Waals surface area (Å²) in [6.07, 6.45) is 0. The quantitative estimate of drug-likeness (QED) is 0.399. The molecule has 1 amide bonds. The first-order chi connectivity index (χ1) is 16.6. The maximum Gasteiger partial charge on any atom is 0.295 e. The van der Waals surface area contributed by atoms with Gasteiger partial charge in [0.2, 0.25) is 0 Å². The van der Waals surface area contributed by atoms with Crippen molar-refractivity contribution in [2.24, 2.45) is 0 Å². The molecule has 5 rings (SSSR count). The maximum absolute atomic E-state index is 13.7. The number of para-hydroxylation sites is 2. The molecular formula is C25H25N3O5S. The Hall–Kier alpha value is -3.27. The minimum atomic E-state index is -0.395. The predicted octanol–water partition coefficient (Wildman–Crippen LogP) is 3.78. The molecule has 1 aliphatic rings. The van der Waals surface area contributed by atoms with Crippen molar-refractivity contribution in [3.8, 4) is 5.75 Å². The molecule has 34 heavy (non-hydrogen) atoms. The van der Waals surface area contributed by atoms with Crippen LogP contribution in [0.5, 0.6) is 5.75 Å². The molecule has 8 nitrogen and oxygen atoms in total. The van der Waals surface area contributed by atoms with E-state index in [0.717, 1.165) is 17.8 Å². The normalized spacial score (nSPS) is 14.5. The van der Waals surface area contributed by atoms with E-state index in [0.29, 0.717) is 60.3 Å². The number of hydrogen-bond acceptors (Lipinski definition) is 8. The molecular weight excluding hydrogens is 454 g/mol. The highest BCUT2D eigenvalue weighted by Crippen LogP contribution is 2.35. The van der Waals surface area contributed by atoms with Gasteiger partial charge >= 0.3 is 0 Å². The Morgan fingerprint density at radius 1 is 1.18 bits per heavy atom. The highest BCUT2D eigenvalue weighted by Gasteiger charge is 2.26. The minimum absolute atomic E-state index is 0.00466. The SMILES string of the molecule is CCOc1cccc2sc(N(CCN3CCOCC3)C(=O)c3cc(=O)c4ccccc4o3)nc12. The van der Waals surface area contributed by atoms with Gasteiger partial charge in [0.15, 0.2) is 16.3 Å². The average molecular weight is 480 g/mol. The van der Waals surface area contributed by atoms with E-state index in [9.17, 15) is 9.59 Å². The summed E-state index contributed by atoms with van der Waals surface area (Å²) in [5.74, 6) is 0.281. The number of aromatic nitrogens is 1. The summed E-state index contributed by atoms with van der Waals surface area (Å²) in [5, 5.41) is 0.983. The Bertz CT molecular complexity index is 1380. The Morgan fingerprint density at radius 2 is 2.00 bits per heavy atom. The number of thiazole rings is 1. The molecule has 0 N–H and O–H groups in total. The standard InChI is InChI=1S/C25H25N3O5S/c1-2-32-20-8-5-9-22-23(20)26-25(34-22)28(11-10-27-12-14-31-15-13-27)24(30)21-16-18(29)17-6-3-4-7-19(17)33-21/h3-9,16H,2,10-15H2,1H3. The van der Waals surface area contributed by atoms with Gasteiger partial charge in [-0.3, -0.25) is 19.4 Å². The molecule has 0 unspecified atom stereocenters. The Kier molecular flexibility index (Phi) is 6.57. The van der Waals surface area contributed by atoms with Crippen LogP contribution in [0.2, 0.25) is 0 Å². The topological polar surface area (TPSA) is 85.1 Å². The zero-order chi connectivity index (χ0) is 23.5. The molecule has 0 atom stereocenters. The van der Waals surface area contributed by atoms with Gasteiger partial charge in [0.05, 0.1) is 29.9 Å². The van der Waals surface area contributed by atoms with Crippen molar-refractivity contribution in [1.29, 1.82) is 0 Å². The van der Waals surface area contributed by atoms with Crippen LogP contribution in [0.15, 0.2) is 57.7 Å². The molecule has 0 saturated carbocycles. The number of ether oxygens (including phenoxy) is 2. The second kappa shape index (κ2) is 9.92. The van der Waals surface area contributed by atoms with Gasteiger partial charge in [-0.1, -0.05) is 29.5 Å². The number of hydrogen-bond donors (Lipinski definition) is 0. The second-order valence-electron chi connectivity index (χ2n) is 7.91. The average Bonchev–Trinajstić information content (AvgIpc) is 3.30. The number of nitrogens with zero attached hydrogens (tertiary/aromatic N) is 3. The van der Waals surface area contributed by atoms with E-state index < -0.39 is 5.91 Å². The van der Waals surface area contributed by atoms with E-state index in [4.69, 9.17) is 18.9 Å². The molecule has 0 radical (unpaired) electrons. The molecule has 0 bridgehead atoms. The van der Waals surface area contributed by atoms with E-state index >= 15 is 0 Å². The van der Waals surface area contributed by atoms with E-state index in [2.05, 4.69) is 4.90 Å². The van der Waals surface area contributed by atoms with Crippen molar-refractivity contribution in [2.45, 2.75) is 6.92 Å². The van der Waals surface area contributed by atoms with Crippen LogP contribution in [0, 0.1) is 0 Å². The fraction of sp³-hybridized carbons (Fsp3) is 0.320. The third-order valence-corrected chi connectivity index (χ3v) is 6.78. The van der Waals surface area contributed by atoms with Crippen LogP contribution in [0.1, 0.15) is 17.5 Å². The van der Waals surface area contributed by atoms with Crippen molar-refractivity contribution >= 4 is 43.6 Å². The van der Waals surface area contributed by atoms with Crippen LogP contribution in [0.3, 0.4) is 0 Å². The first-order valence-electron chi connectivity index (χ1n) is 11.3. The summed E-state index contributed by atoms with van der Waals surface area (Å²) in [4.78, 5) is 34.9. The molecule has 0 aliphatic carbocycles. The van der Waals surface area contributed by atoms with Crippen LogP contribution < -0.4 is 15.1 Å². The maximum atomic E-state index is 13.7. The van der Waals surface area contributed by atoms with Crippen molar-refractivity contribution in [2.75, 3.05) is 50.9 Å². The number of fused-ring (bicyclic) bond motifs is 2. The number of carbonyl (C=O) groups is 1. The summed E-state index contributed by atoms with van der Waals surface area (Å²) >= 11 is 1.41. The Labute approximate surface area is 200 Å². The summed E-state index contributed by atoms with van der Waals surface area (Å²) in [5.41, 5.74) is 0.851. The van der Waals surface area contributed by atoms with Gasteiger partial charge in [-0.05, 0) is 31.2 Å². The lowest BCUT2D eigenvalue weighted by atomic mass is 10.2. The van der Waals surface area contributed by atoms with Crippen LogP contribution >= 0.6 is 11.3 Å². The monoisotopic (exact) mass is 479 g/mol. The molecule has 2 aromatic carbocycles. The van der Waals surface area contributed by atoms with Crippen LogP contribution in [-0.2, 0) is 4.74 Å². The second-order valence-corrected chi connectivity index (χ2v) is 8.92. The highest BCUT2D eigenvalue weighted by molar-refractivity contribution is 7.22. The lowest BCUT2D eigenvalue weighted by Gasteiger charge is -2.29. The van der Waals surface area contributed by atoms with Gasteiger partial charge in [0.25, 0.3) is 5.91 Å². The molecule has 4 aromatic rings. The smallest absolute Gasteiger partial charge is 0.295 e. The Morgan fingerprint density at radius 3 is 2.82 bits per heavy atom. The van der Waals surface area contributed by atoms with Crippen molar-refractivity contribution < 1.29 is 18.7 Å².